The first-order valence-electron chi connectivity index (χ1n) is 9.37. The lowest BCUT2D eigenvalue weighted by atomic mass is 10.1. The molecule has 2 aliphatic rings. The largest absolute Gasteiger partial charge is 0.454 e. The van der Waals surface area contributed by atoms with E-state index in [1.165, 1.54) is 0 Å². The lowest BCUT2D eigenvalue weighted by Gasteiger charge is -2.35. The molecule has 0 spiro atoms. The Morgan fingerprint density at radius 2 is 1.69 bits per heavy atom. The Hall–Kier alpha value is -2.52. The van der Waals surface area contributed by atoms with Crippen LogP contribution in [-0.4, -0.2) is 73.1 Å². The van der Waals surface area contributed by atoms with Crippen LogP contribution in [-0.2, 0) is 9.59 Å². The summed E-state index contributed by atoms with van der Waals surface area (Å²) < 4.78 is 10.6. The number of fused-ring (bicyclic) bond motifs is 1. The first-order valence-corrected chi connectivity index (χ1v) is 9.37. The molecule has 0 radical (unpaired) electrons. The van der Waals surface area contributed by atoms with Crippen molar-refractivity contribution in [2.45, 2.75) is 19.9 Å². The van der Waals surface area contributed by atoms with Gasteiger partial charge in [-0.05, 0) is 24.1 Å². The summed E-state index contributed by atoms with van der Waals surface area (Å²) in [5.41, 5.74) is 6.29. The van der Waals surface area contributed by atoms with E-state index in [1.54, 1.807) is 28.0 Å². The van der Waals surface area contributed by atoms with Gasteiger partial charge in [-0.1, -0.05) is 13.8 Å². The van der Waals surface area contributed by atoms with Crippen molar-refractivity contribution >= 4 is 30.1 Å². The van der Waals surface area contributed by atoms with Crippen molar-refractivity contribution in [3.8, 4) is 11.5 Å². The lowest BCUT2D eigenvalue weighted by Crippen LogP contribution is -2.53. The first kappa shape index (κ1) is 22.8. The summed E-state index contributed by atoms with van der Waals surface area (Å²) in [7, 11) is 0. The molecule has 3 N–H and O–H groups in total. The van der Waals surface area contributed by atoms with Gasteiger partial charge in [0.2, 0.25) is 18.6 Å². The zero-order chi connectivity index (χ0) is 20.3. The number of benzene rings is 1. The Morgan fingerprint density at radius 1 is 1.07 bits per heavy atom. The van der Waals surface area contributed by atoms with Gasteiger partial charge in [0.05, 0.1) is 12.6 Å². The van der Waals surface area contributed by atoms with E-state index < -0.39 is 6.04 Å². The van der Waals surface area contributed by atoms with E-state index in [-0.39, 0.29) is 49.4 Å². The van der Waals surface area contributed by atoms with Gasteiger partial charge < -0.3 is 30.3 Å². The molecule has 1 saturated heterocycles. The van der Waals surface area contributed by atoms with Crippen LogP contribution in [0.25, 0.3) is 0 Å². The topological polar surface area (TPSA) is 114 Å². The molecule has 29 heavy (non-hydrogen) atoms. The first-order chi connectivity index (χ1) is 13.4. The fourth-order valence-corrected chi connectivity index (χ4v) is 3.07. The lowest BCUT2D eigenvalue weighted by molar-refractivity contribution is -0.134. The van der Waals surface area contributed by atoms with Crippen LogP contribution in [0.1, 0.15) is 24.2 Å². The van der Waals surface area contributed by atoms with E-state index in [4.69, 9.17) is 15.2 Å². The number of carbonyl (C=O) groups is 3. The maximum Gasteiger partial charge on any atom is 0.254 e. The molecule has 0 bridgehead atoms. The van der Waals surface area contributed by atoms with Crippen LogP contribution in [0.3, 0.4) is 0 Å². The number of hydrogen-bond acceptors (Lipinski definition) is 6. The summed E-state index contributed by atoms with van der Waals surface area (Å²) in [5, 5.41) is 2.58. The normalized spacial score (nSPS) is 16.3. The smallest absolute Gasteiger partial charge is 0.254 e. The third-order valence-electron chi connectivity index (χ3n) is 4.97. The molecule has 0 unspecified atom stereocenters. The van der Waals surface area contributed by atoms with Crippen molar-refractivity contribution < 1.29 is 23.9 Å². The Balaban J connectivity index is 0.00000300. The molecule has 2 aliphatic heterocycles. The second-order valence-corrected chi connectivity index (χ2v) is 7.23. The second kappa shape index (κ2) is 9.80. The van der Waals surface area contributed by atoms with Gasteiger partial charge in [0.1, 0.15) is 0 Å². The second-order valence-electron chi connectivity index (χ2n) is 7.23. The van der Waals surface area contributed by atoms with Crippen molar-refractivity contribution in [3.05, 3.63) is 23.8 Å². The molecule has 9 nitrogen and oxygen atoms in total. The number of nitrogens with zero attached hydrogens (tertiary/aromatic N) is 2. The summed E-state index contributed by atoms with van der Waals surface area (Å²) in [6.07, 6.45) is 0. The van der Waals surface area contributed by atoms with Crippen molar-refractivity contribution in [2.75, 3.05) is 39.5 Å². The summed E-state index contributed by atoms with van der Waals surface area (Å²) in [5.74, 6) is 0.572. The van der Waals surface area contributed by atoms with Crippen LogP contribution < -0.4 is 20.5 Å². The van der Waals surface area contributed by atoms with Crippen molar-refractivity contribution in [1.82, 2.24) is 15.1 Å². The highest BCUT2D eigenvalue weighted by atomic mass is 35.5. The van der Waals surface area contributed by atoms with E-state index in [9.17, 15) is 14.4 Å². The Kier molecular flexibility index (Phi) is 7.69. The van der Waals surface area contributed by atoms with Gasteiger partial charge in [0, 0.05) is 31.7 Å². The van der Waals surface area contributed by atoms with Gasteiger partial charge in [-0.15, -0.1) is 12.4 Å². The number of hydrogen-bond donors (Lipinski definition) is 2. The van der Waals surface area contributed by atoms with Gasteiger partial charge in [0.15, 0.2) is 11.5 Å². The minimum absolute atomic E-state index is 0. The summed E-state index contributed by atoms with van der Waals surface area (Å²) in [6.45, 7) is 5.46. The Bertz CT molecular complexity index is 765. The van der Waals surface area contributed by atoms with E-state index in [1.807, 2.05) is 13.8 Å². The van der Waals surface area contributed by atoms with Crippen LogP contribution in [0.15, 0.2) is 18.2 Å². The van der Waals surface area contributed by atoms with Crippen LogP contribution >= 0.6 is 12.4 Å². The SMILES string of the molecule is CC(C)[C@H](N)C(=O)NCC(=O)N1CCN(C(=O)c2ccc3c(c2)OCO3)CC1.Cl. The molecule has 3 amide bonds. The number of nitrogens with one attached hydrogen (secondary N) is 1. The van der Waals surface area contributed by atoms with E-state index in [2.05, 4.69) is 5.32 Å². The molecule has 1 fully saturated rings. The highest BCUT2D eigenvalue weighted by Gasteiger charge is 2.27. The van der Waals surface area contributed by atoms with Crippen LogP contribution in [0, 0.1) is 5.92 Å². The number of carbonyl (C=O) groups excluding carboxylic acids is 3. The Morgan fingerprint density at radius 3 is 2.34 bits per heavy atom. The van der Waals surface area contributed by atoms with Crippen molar-refractivity contribution in [1.29, 1.82) is 0 Å². The summed E-state index contributed by atoms with van der Waals surface area (Å²) in [6, 6.07) is 4.47. The number of ether oxygens (including phenoxy) is 2. The molecule has 10 heteroatoms. The van der Waals surface area contributed by atoms with Crippen LogP contribution in [0.2, 0.25) is 0 Å². The number of rotatable bonds is 5. The highest BCUT2D eigenvalue weighted by molar-refractivity contribution is 5.95. The van der Waals surface area contributed by atoms with Gasteiger partial charge in [-0.2, -0.15) is 0 Å². The summed E-state index contributed by atoms with van der Waals surface area (Å²) >= 11 is 0. The maximum absolute atomic E-state index is 12.7. The Labute approximate surface area is 175 Å². The number of amides is 3. The van der Waals surface area contributed by atoms with Crippen molar-refractivity contribution in [3.63, 3.8) is 0 Å². The quantitative estimate of drug-likeness (QED) is 0.696. The molecule has 1 aromatic rings. The number of piperazine rings is 1. The molecule has 0 saturated carbocycles. The predicted octanol–water partition coefficient (Wildman–Crippen LogP) is 0.221. The molecule has 0 aromatic heterocycles. The third kappa shape index (κ3) is 5.30. The average molecular weight is 427 g/mol. The number of halogens is 1. The number of nitrogens with two attached hydrogens (primary N) is 1. The maximum atomic E-state index is 12.7. The van der Waals surface area contributed by atoms with E-state index in [0.29, 0.717) is 43.2 Å². The van der Waals surface area contributed by atoms with Crippen LogP contribution in [0.4, 0.5) is 0 Å². The van der Waals surface area contributed by atoms with Gasteiger partial charge in [-0.3, -0.25) is 14.4 Å². The average Bonchev–Trinajstić information content (AvgIpc) is 3.18. The predicted molar refractivity (Wildman–Crippen MR) is 108 cm³/mol. The monoisotopic (exact) mass is 426 g/mol. The van der Waals surface area contributed by atoms with Gasteiger partial charge in [0.25, 0.3) is 5.91 Å². The molecular weight excluding hydrogens is 400 g/mol. The molecular formula is C19H27ClN4O5. The molecule has 160 valence electrons. The van der Waals surface area contributed by atoms with E-state index in [0.717, 1.165) is 0 Å². The van der Waals surface area contributed by atoms with Gasteiger partial charge in [-0.25, -0.2) is 0 Å². The zero-order valence-electron chi connectivity index (χ0n) is 16.6. The molecule has 1 atom stereocenters. The van der Waals surface area contributed by atoms with Gasteiger partial charge >= 0.3 is 0 Å². The zero-order valence-corrected chi connectivity index (χ0v) is 17.4. The minimum Gasteiger partial charge on any atom is -0.454 e. The molecule has 0 aliphatic carbocycles. The molecule has 1 aromatic carbocycles. The van der Waals surface area contributed by atoms with Crippen molar-refractivity contribution in [2.24, 2.45) is 11.7 Å². The molecule has 2 heterocycles. The fourth-order valence-electron chi connectivity index (χ4n) is 3.07. The summed E-state index contributed by atoms with van der Waals surface area (Å²) in [4.78, 5) is 40.2. The molecule has 3 rings (SSSR count). The van der Waals surface area contributed by atoms with Crippen LogP contribution in [0.5, 0.6) is 11.5 Å². The minimum atomic E-state index is -0.635. The van der Waals surface area contributed by atoms with E-state index >= 15 is 0 Å². The highest BCUT2D eigenvalue weighted by Crippen LogP contribution is 2.32. The standard InChI is InChI=1S/C19H26N4O5.ClH/c1-12(2)17(20)18(25)21-10-16(24)22-5-7-23(8-6-22)19(26)13-3-4-14-15(9-13)28-11-27-14;/h3-4,9,12,17H,5-8,10-11,20H2,1-2H3,(H,21,25);1H/t17-;/m0./s1. The third-order valence-corrected chi connectivity index (χ3v) is 4.97. The fraction of sp³-hybridized carbons (Fsp3) is 0.526.